The summed E-state index contributed by atoms with van der Waals surface area (Å²) in [6.45, 7) is 0. The van der Waals surface area contributed by atoms with Gasteiger partial charge in [-0.05, 0) is 48.4 Å². The molecule has 0 aliphatic heterocycles. The van der Waals surface area contributed by atoms with E-state index in [9.17, 15) is 18.0 Å². The Bertz CT molecular complexity index is 635. The summed E-state index contributed by atoms with van der Waals surface area (Å²) in [6.07, 6.45) is 0.333. The lowest BCUT2D eigenvalue weighted by molar-refractivity contribution is 0.0982. The van der Waals surface area contributed by atoms with Crippen LogP contribution in [-0.4, -0.2) is 5.78 Å². The van der Waals surface area contributed by atoms with Gasteiger partial charge in [0.05, 0.1) is 0 Å². The molecular formula is C15H10ClF3O. The monoisotopic (exact) mass is 298 g/mol. The minimum Gasteiger partial charge on any atom is -0.294 e. The van der Waals surface area contributed by atoms with Gasteiger partial charge in [-0.25, -0.2) is 13.2 Å². The minimum atomic E-state index is -1.07. The summed E-state index contributed by atoms with van der Waals surface area (Å²) < 4.78 is 38.9. The highest BCUT2D eigenvalue weighted by Gasteiger charge is 2.10. The maximum Gasteiger partial charge on any atom is 0.163 e. The van der Waals surface area contributed by atoms with Crippen LogP contribution >= 0.6 is 11.6 Å². The van der Waals surface area contributed by atoms with E-state index in [1.165, 1.54) is 18.2 Å². The van der Waals surface area contributed by atoms with Gasteiger partial charge in [-0.2, -0.15) is 0 Å². The van der Waals surface area contributed by atoms with Crippen molar-refractivity contribution < 1.29 is 18.0 Å². The van der Waals surface area contributed by atoms with E-state index in [-0.39, 0.29) is 29.2 Å². The summed E-state index contributed by atoms with van der Waals surface area (Å²) in [5.41, 5.74) is 0.664. The van der Waals surface area contributed by atoms with E-state index in [1.54, 1.807) is 6.07 Å². The zero-order chi connectivity index (χ0) is 14.7. The van der Waals surface area contributed by atoms with Gasteiger partial charge in [-0.3, -0.25) is 4.79 Å². The zero-order valence-electron chi connectivity index (χ0n) is 10.3. The van der Waals surface area contributed by atoms with Gasteiger partial charge in [-0.1, -0.05) is 11.6 Å². The van der Waals surface area contributed by atoms with E-state index < -0.39 is 17.5 Å². The van der Waals surface area contributed by atoms with Crippen LogP contribution in [0.15, 0.2) is 36.4 Å². The third-order valence-electron chi connectivity index (χ3n) is 2.80. The molecule has 0 aromatic heterocycles. The molecule has 0 bridgehead atoms. The number of ketones is 1. The van der Waals surface area contributed by atoms with Gasteiger partial charge < -0.3 is 0 Å². The van der Waals surface area contributed by atoms with Crippen molar-refractivity contribution in [2.24, 2.45) is 0 Å². The molecule has 0 atom stereocenters. The highest BCUT2D eigenvalue weighted by Crippen LogP contribution is 2.17. The van der Waals surface area contributed by atoms with Crippen molar-refractivity contribution in [2.45, 2.75) is 12.8 Å². The molecule has 2 aromatic carbocycles. The summed E-state index contributed by atoms with van der Waals surface area (Å²) in [5, 5.41) is 0.250. The number of carbonyl (C=O) groups excluding carboxylic acids is 1. The summed E-state index contributed by atoms with van der Waals surface area (Å²) in [4.78, 5) is 11.8. The maximum absolute atomic E-state index is 13.1. The van der Waals surface area contributed by atoms with Crippen LogP contribution in [0, 0.1) is 17.5 Å². The Morgan fingerprint density at radius 2 is 1.75 bits per heavy atom. The largest absolute Gasteiger partial charge is 0.294 e. The van der Waals surface area contributed by atoms with Crippen molar-refractivity contribution in [1.29, 1.82) is 0 Å². The topological polar surface area (TPSA) is 17.1 Å². The van der Waals surface area contributed by atoms with Crippen LogP contribution in [0.4, 0.5) is 13.2 Å². The highest BCUT2D eigenvalue weighted by molar-refractivity contribution is 6.30. The second kappa shape index (κ2) is 6.09. The molecule has 0 fully saturated rings. The van der Waals surface area contributed by atoms with E-state index in [0.29, 0.717) is 5.56 Å². The Morgan fingerprint density at radius 1 is 1.00 bits per heavy atom. The predicted octanol–water partition coefficient (Wildman–Crippen LogP) is 4.57. The van der Waals surface area contributed by atoms with Crippen LogP contribution in [-0.2, 0) is 6.42 Å². The second-order valence-electron chi connectivity index (χ2n) is 4.33. The molecule has 0 aliphatic rings. The quantitative estimate of drug-likeness (QED) is 0.756. The van der Waals surface area contributed by atoms with Crippen LogP contribution in [0.3, 0.4) is 0 Å². The first-order chi connectivity index (χ1) is 9.45. The average Bonchev–Trinajstić information content (AvgIpc) is 2.38. The zero-order valence-corrected chi connectivity index (χ0v) is 11.1. The lowest BCUT2D eigenvalue weighted by Crippen LogP contribution is -2.02. The van der Waals surface area contributed by atoms with Crippen LogP contribution in [0.2, 0.25) is 5.02 Å². The average molecular weight is 299 g/mol. The lowest BCUT2D eigenvalue weighted by atomic mass is 10.0. The second-order valence-corrected chi connectivity index (χ2v) is 4.77. The summed E-state index contributed by atoms with van der Waals surface area (Å²) in [5.74, 6) is -2.89. The van der Waals surface area contributed by atoms with Crippen LogP contribution < -0.4 is 0 Å². The van der Waals surface area contributed by atoms with E-state index in [2.05, 4.69) is 0 Å². The van der Waals surface area contributed by atoms with E-state index in [1.807, 2.05) is 0 Å². The normalized spacial score (nSPS) is 10.6. The smallest absolute Gasteiger partial charge is 0.163 e. The maximum atomic E-state index is 13.1. The molecule has 0 saturated carbocycles. The molecule has 5 heteroatoms. The Morgan fingerprint density at radius 3 is 2.40 bits per heavy atom. The van der Waals surface area contributed by atoms with Gasteiger partial charge in [-0.15, -0.1) is 0 Å². The van der Waals surface area contributed by atoms with Crippen molar-refractivity contribution in [1.82, 2.24) is 0 Å². The molecule has 0 heterocycles. The van der Waals surface area contributed by atoms with E-state index in [4.69, 9.17) is 11.6 Å². The molecule has 104 valence electrons. The Balaban J connectivity index is 2.06. The van der Waals surface area contributed by atoms with E-state index >= 15 is 0 Å². The van der Waals surface area contributed by atoms with Crippen LogP contribution in [0.1, 0.15) is 22.3 Å². The van der Waals surface area contributed by atoms with Crippen LogP contribution in [0.5, 0.6) is 0 Å². The minimum absolute atomic E-state index is 0.0604. The van der Waals surface area contributed by atoms with Crippen molar-refractivity contribution in [3.05, 3.63) is 70.0 Å². The van der Waals surface area contributed by atoms with E-state index in [0.717, 1.165) is 12.1 Å². The summed E-state index contributed by atoms with van der Waals surface area (Å²) in [6, 6.07) is 6.99. The first kappa shape index (κ1) is 14.6. The van der Waals surface area contributed by atoms with Crippen LogP contribution in [0.25, 0.3) is 0 Å². The SMILES string of the molecule is O=C(CCc1cc(F)cc(Cl)c1)c1ccc(F)c(F)c1. The Hall–Kier alpha value is -1.81. The van der Waals surface area contributed by atoms with Crippen molar-refractivity contribution >= 4 is 17.4 Å². The third kappa shape index (κ3) is 3.61. The van der Waals surface area contributed by atoms with Gasteiger partial charge in [0.25, 0.3) is 0 Å². The molecule has 20 heavy (non-hydrogen) atoms. The number of hydrogen-bond acceptors (Lipinski definition) is 1. The van der Waals surface area contributed by atoms with Gasteiger partial charge in [0, 0.05) is 17.0 Å². The molecule has 1 nitrogen and oxygen atoms in total. The van der Waals surface area contributed by atoms with Gasteiger partial charge in [0.1, 0.15) is 5.82 Å². The molecular weight excluding hydrogens is 289 g/mol. The number of hydrogen-bond donors (Lipinski definition) is 0. The number of aryl methyl sites for hydroxylation is 1. The van der Waals surface area contributed by atoms with Gasteiger partial charge in [0.2, 0.25) is 0 Å². The fourth-order valence-corrected chi connectivity index (χ4v) is 2.07. The molecule has 0 amide bonds. The number of benzene rings is 2. The van der Waals surface area contributed by atoms with Gasteiger partial charge >= 0.3 is 0 Å². The fourth-order valence-electron chi connectivity index (χ4n) is 1.83. The fraction of sp³-hybridized carbons (Fsp3) is 0.133. The standard InChI is InChI=1S/C15H10ClF3O/c16-11-5-9(6-12(17)8-11)1-4-15(20)10-2-3-13(18)14(19)7-10/h2-3,5-8H,1,4H2. The Labute approximate surface area is 119 Å². The third-order valence-corrected chi connectivity index (χ3v) is 3.02. The molecule has 0 spiro atoms. The highest BCUT2D eigenvalue weighted by atomic mass is 35.5. The lowest BCUT2D eigenvalue weighted by Gasteiger charge is -2.04. The number of halogens is 4. The molecule has 2 rings (SSSR count). The van der Waals surface area contributed by atoms with Crippen molar-refractivity contribution in [3.63, 3.8) is 0 Å². The van der Waals surface area contributed by atoms with Crippen molar-refractivity contribution in [3.8, 4) is 0 Å². The molecule has 2 aromatic rings. The first-order valence-electron chi connectivity index (χ1n) is 5.89. The molecule has 0 N–H and O–H groups in total. The van der Waals surface area contributed by atoms with Gasteiger partial charge in [0.15, 0.2) is 17.4 Å². The Kier molecular flexibility index (Phi) is 4.45. The summed E-state index contributed by atoms with van der Waals surface area (Å²) >= 11 is 5.70. The summed E-state index contributed by atoms with van der Waals surface area (Å²) in [7, 11) is 0. The molecule has 0 aliphatic carbocycles. The predicted molar refractivity (Wildman–Crippen MR) is 70.4 cm³/mol. The number of rotatable bonds is 4. The van der Waals surface area contributed by atoms with Crippen molar-refractivity contribution in [2.75, 3.05) is 0 Å². The number of carbonyl (C=O) groups is 1. The first-order valence-corrected chi connectivity index (χ1v) is 6.27. The molecule has 0 unspecified atom stereocenters. The number of Topliss-reactive ketones (excluding diaryl/α,β-unsaturated/α-hetero) is 1. The molecule has 0 radical (unpaired) electrons. The molecule has 0 saturated heterocycles.